The summed E-state index contributed by atoms with van der Waals surface area (Å²) in [4.78, 5) is 40.2. The molecule has 4 heterocycles. The number of hydrogen-bond donors (Lipinski definition) is 1. The van der Waals surface area contributed by atoms with Crippen molar-refractivity contribution in [2.75, 3.05) is 38.6 Å². The predicted octanol–water partition coefficient (Wildman–Crippen LogP) is 4.96. The molecule has 41 heavy (non-hydrogen) atoms. The number of carbonyl (C=O) groups is 2. The molecule has 0 bridgehead atoms. The highest BCUT2D eigenvalue weighted by molar-refractivity contribution is 6.04. The van der Waals surface area contributed by atoms with Crippen LogP contribution in [0.3, 0.4) is 0 Å². The zero-order valence-corrected chi connectivity index (χ0v) is 24.9. The summed E-state index contributed by atoms with van der Waals surface area (Å²) < 4.78 is 7.74. The molecule has 2 saturated heterocycles. The Kier molecular flexibility index (Phi) is 8.85. The van der Waals surface area contributed by atoms with E-state index in [0.717, 1.165) is 79.8 Å². The molecular formula is C32H42N6O3. The summed E-state index contributed by atoms with van der Waals surface area (Å²) in [6.45, 7) is 11.8. The van der Waals surface area contributed by atoms with E-state index in [1.807, 2.05) is 25.7 Å². The van der Waals surface area contributed by atoms with E-state index in [-0.39, 0.29) is 24.0 Å². The van der Waals surface area contributed by atoms with Gasteiger partial charge in [0, 0.05) is 56.8 Å². The van der Waals surface area contributed by atoms with Crippen molar-refractivity contribution < 1.29 is 14.3 Å². The monoisotopic (exact) mass is 558 g/mol. The van der Waals surface area contributed by atoms with Crippen LogP contribution in [-0.4, -0.2) is 75.5 Å². The Labute approximate surface area is 242 Å². The minimum absolute atomic E-state index is 0.0153. The number of aryl methyl sites for hydroxylation is 3. The molecule has 2 amide bonds. The Hall–Kier alpha value is -3.56. The SMILES string of the molecule is C/C=C/C(=O)N1CCCCC(n2c(NC(=O)c3cc(C)nc(C)c3)nc3cc(CN4CCC(OC)C4)cc(C)c32)C1. The number of hydrogen-bond acceptors (Lipinski definition) is 6. The number of amides is 2. The van der Waals surface area contributed by atoms with Crippen LogP contribution in [0.2, 0.25) is 0 Å². The summed E-state index contributed by atoms with van der Waals surface area (Å²) in [6.07, 6.45) is 7.59. The molecule has 1 N–H and O–H groups in total. The number of methoxy groups -OCH3 is 1. The third-order valence-electron chi connectivity index (χ3n) is 8.21. The van der Waals surface area contributed by atoms with E-state index in [0.29, 0.717) is 18.1 Å². The Morgan fingerprint density at radius 3 is 2.51 bits per heavy atom. The molecule has 3 aromatic rings. The van der Waals surface area contributed by atoms with Crippen LogP contribution in [-0.2, 0) is 16.1 Å². The van der Waals surface area contributed by atoms with Gasteiger partial charge in [-0.3, -0.25) is 24.8 Å². The number of benzene rings is 1. The van der Waals surface area contributed by atoms with Crippen LogP contribution in [0.1, 0.15) is 71.5 Å². The van der Waals surface area contributed by atoms with Crippen LogP contribution in [0.5, 0.6) is 0 Å². The number of pyridine rings is 1. The number of carbonyl (C=O) groups excluding carboxylic acids is 2. The lowest BCUT2D eigenvalue weighted by molar-refractivity contribution is -0.126. The van der Waals surface area contributed by atoms with Crippen molar-refractivity contribution in [2.45, 2.75) is 72.1 Å². The largest absolute Gasteiger partial charge is 0.380 e. The van der Waals surface area contributed by atoms with Gasteiger partial charge >= 0.3 is 0 Å². The van der Waals surface area contributed by atoms with E-state index in [2.05, 4.69) is 38.8 Å². The number of imidazole rings is 1. The Morgan fingerprint density at radius 2 is 1.80 bits per heavy atom. The maximum atomic E-state index is 13.5. The number of ether oxygens (including phenoxy) is 1. The number of nitrogens with one attached hydrogen (secondary N) is 1. The normalized spacial score (nSPS) is 20.2. The second kappa shape index (κ2) is 12.5. The Bertz CT molecular complexity index is 1440. The third kappa shape index (κ3) is 6.52. The molecule has 218 valence electrons. The summed E-state index contributed by atoms with van der Waals surface area (Å²) in [5.74, 6) is 0.325. The Balaban J connectivity index is 1.54. The van der Waals surface area contributed by atoms with Gasteiger partial charge in [0.25, 0.3) is 5.91 Å². The number of fused-ring (bicyclic) bond motifs is 1. The fourth-order valence-electron chi connectivity index (χ4n) is 6.35. The van der Waals surface area contributed by atoms with Crippen LogP contribution in [0.15, 0.2) is 36.4 Å². The molecule has 2 aliphatic heterocycles. The summed E-state index contributed by atoms with van der Waals surface area (Å²) in [7, 11) is 1.78. The van der Waals surface area contributed by atoms with Gasteiger partial charge in [0.1, 0.15) is 0 Å². The van der Waals surface area contributed by atoms with Crippen molar-refractivity contribution in [3.05, 3.63) is 64.5 Å². The van der Waals surface area contributed by atoms with Crippen LogP contribution in [0.25, 0.3) is 11.0 Å². The fourth-order valence-corrected chi connectivity index (χ4v) is 6.35. The molecule has 9 nitrogen and oxygen atoms in total. The van der Waals surface area contributed by atoms with Gasteiger partial charge in [0.05, 0.1) is 23.2 Å². The molecule has 0 aliphatic carbocycles. The van der Waals surface area contributed by atoms with E-state index in [4.69, 9.17) is 9.72 Å². The molecule has 2 aromatic heterocycles. The highest BCUT2D eigenvalue weighted by Gasteiger charge is 2.28. The average molecular weight is 559 g/mol. The van der Waals surface area contributed by atoms with E-state index in [9.17, 15) is 9.59 Å². The summed E-state index contributed by atoms with van der Waals surface area (Å²) in [5.41, 5.74) is 6.31. The van der Waals surface area contributed by atoms with Crippen LogP contribution >= 0.6 is 0 Å². The molecule has 0 spiro atoms. The number of likely N-dealkylation sites (tertiary alicyclic amines) is 2. The van der Waals surface area contributed by atoms with Crippen molar-refractivity contribution in [2.24, 2.45) is 0 Å². The van der Waals surface area contributed by atoms with Crippen LogP contribution in [0, 0.1) is 20.8 Å². The molecule has 2 unspecified atom stereocenters. The molecular weight excluding hydrogens is 516 g/mol. The van der Waals surface area contributed by atoms with Gasteiger partial charge in [0.15, 0.2) is 0 Å². The number of aromatic nitrogens is 3. The second-order valence-corrected chi connectivity index (χ2v) is 11.5. The van der Waals surface area contributed by atoms with Crippen molar-refractivity contribution in [1.29, 1.82) is 0 Å². The molecule has 0 radical (unpaired) electrons. The summed E-state index contributed by atoms with van der Waals surface area (Å²) in [6, 6.07) is 7.96. The fraction of sp³-hybridized carbons (Fsp3) is 0.500. The molecule has 2 aliphatic rings. The molecule has 2 atom stereocenters. The van der Waals surface area contributed by atoms with Crippen molar-refractivity contribution in [3.63, 3.8) is 0 Å². The zero-order chi connectivity index (χ0) is 29.1. The lowest BCUT2D eigenvalue weighted by Crippen LogP contribution is -2.34. The maximum Gasteiger partial charge on any atom is 0.258 e. The minimum Gasteiger partial charge on any atom is -0.380 e. The first-order chi connectivity index (χ1) is 19.7. The van der Waals surface area contributed by atoms with Crippen molar-refractivity contribution in [1.82, 2.24) is 24.3 Å². The molecule has 0 saturated carbocycles. The van der Waals surface area contributed by atoms with Gasteiger partial charge in [-0.15, -0.1) is 0 Å². The molecule has 9 heteroatoms. The lowest BCUT2D eigenvalue weighted by Gasteiger charge is -2.26. The topological polar surface area (TPSA) is 92.6 Å². The standard InChI is InChI=1S/C32H42N6O3/c1-6-9-29(39)37-12-8-7-10-26(19-37)38-30-21(2)14-24(18-36-13-11-27(20-36)41-5)17-28(30)34-32(38)35-31(40)25-15-22(3)33-23(4)16-25/h6,9,14-17,26-27H,7-8,10-13,18-20H2,1-5H3,(H,34,35,40)/b9-6+. The maximum absolute atomic E-state index is 13.5. The van der Waals surface area contributed by atoms with Gasteiger partial charge in [0.2, 0.25) is 11.9 Å². The smallest absolute Gasteiger partial charge is 0.258 e. The number of anilines is 1. The van der Waals surface area contributed by atoms with E-state index in [1.54, 1.807) is 31.4 Å². The quantitative estimate of drug-likeness (QED) is 0.412. The summed E-state index contributed by atoms with van der Waals surface area (Å²) >= 11 is 0. The van der Waals surface area contributed by atoms with Gasteiger partial charge in [-0.05, 0) is 88.8 Å². The first-order valence-electron chi connectivity index (χ1n) is 14.7. The first-order valence-corrected chi connectivity index (χ1v) is 14.7. The van der Waals surface area contributed by atoms with E-state index in [1.165, 1.54) is 5.56 Å². The van der Waals surface area contributed by atoms with Gasteiger partial charge < -0.3 is 14.2 Å². The lowest BCUT2D eigenvalue weighted by atomic mass is 10.1. The minimum atomic E-state index is -0.217. The number of rotatable bonds is 7. The predicted molar refractivity (Wildman–Crippen MR) is 161 cm³/mol. The average Bonchev–Trinajstić information content (AvgIpc) is 3.44. The van der Waals surface area contributed by atoms with E-state index < -0.39 is 0 Å². The number of nitrogens with zero attached hydrogens (tertiary/aromatic N) is 5. The van der Waals surface area contributed by atoms with Gasteiger partial charge in [-0.25, -0.2) is 4.98 Å². The van der Waals surface area contributed by atoms with Crippen molar-refractivity contribution >= 4 is 28.8 Å². The van der Waals surface area contributed by atoms with Gasteiger partial charge in [-0.1, -0.05) is 12.1 Å². The summed E-state index contributed by atoms with van der Waals surface area (Å²) in [5, 5.41) is 3.13. The highest BCUT2D eigenvalue weighted by atomic mass is 16.5. The zero-order valence-electron chi connectivity index (χ0n) is 24.9. The third-order valence-corrected chi connectivity index (χ3v) is 8.21. The van der Waals surface area contributed by atoms with Crippen LogP contribution in [0.4, 0.5) is 5.95 Å². The van der Waals surface area contributed by atoms with Crippen molar-refractivity contribution in [3.8, 4) is 0 Å². The molecule has 2 fully saturated rings. The highest BCUT2D eigenvalue weighted by Crippen LogP contribution is 2.33. The first kappa shape index (κ1) is 29.0. The second-order valence-electron chi connectivity index (χ2n) is 11.5. The molecule has 1 aromatic carbocycles. The van der Waals surface area contributed by atoms with Gasteiger partial charge in [-0.2, -0.15) is 0 Å². The van der Waals surface area contributed by atoms with Crippen LogP contribution < -0.4 is 5.32 Å². The van der Waals surface area contributed by atoms with E-state index >= 15 is 0 Å². The number of allylic oxidation sites excluding steroid dienone is 1. The molecule has 5 rings (SSSR count). The Morgan fingerprint density at radius 1 is 1.02 bits per heavy atom.